The Balaban J connectivity index is 3.43. The van der Waals surface area contributed by atoms with Gasteiger partial charge in [0.05, 0.1) is 0 Å². The van der Waals surface area contributed by atoms with Crippen LogP contribution in [0.3, 0.4) is 0 Å². The zero-order valence-electron chi connectivity index (χ0n) is 7.60. The van der Waals surface area contributed by atoms with Gasteiger partial charge in [0, 0.05) is 0 Å². The topological polar surface area (TPSA) is 18.5 Å². The lowest BCUT2D eigenvalue weighted by molar-refractivity contribution is -0.502. The number of rotatable bonds is 0. The normalized spacial score (nSPS) is 30.4. The van der Waals surface area contributed by atoms with Gasteiger partial charge in [-0.25, -0.2) is 4.39 Å². The van der Waals surface area contributed by atoms with Crippen molar-refractivity contribution in [3.8, 4) is 0 Å². The maximum absolute atomic E-state index is 12.9. The Labute approximate surface area is 90.8 Å². The van der Waals surface area contributed by atoms with E-state index >= 15 is 0 Å². The Hall–Kier alpha value is -1.36. The number of halogens is 10. The predicted octanol–water partition coefficient (Wildman–Crippen LogP) is 3.55. The lowest BCUT2D eigenvalue weighted by atomic mass is 10.0. The maximum Gasteiger partial charge on any atom is 0.455 e. The summed E-state index contributed by atoms with van der Waals surface area (Å²) < 4.78 is 128. The van der Waals surface area contributed by atoms with Gasteiger partial charge in [-0.15, -0.1) is 0 Å². The molecule has 1 rings (SSSR count). The van der Waals surface area contributed by atoms with Crippen LogP contribution in [-0.2, 0) is 9.47 Å². The molecule has 0 unspecified atom stereocenters. The largest absolute Gasteiger partial charge is 0.455 e. The van der Waals surface area contributed by atoms with Gasteiger partial charge in [0.2, 0.25) is 0 Å². The fraction of sp³-hybridized carbons (Fsp3) is 0.667. The molecule has 1 aliphatic rings. The summed E-state index contributed by atoms with van der Waals surface area (Å²) in [5.41, 5.74) is -6.61. The zero-order valence-corrected chi connectivity index (χ0v) is 7.60. The van der Waals surface area contributed by atoms with Gasteiger partial charge in [-0.05, 0) is 0 Å². The van der Waals surface area contributed by atoms with Crippen LogP contribution in [0.2, 0.25) is 0 Å². The van der Waals surface area contributed by atoms with Gasteiger partial charge in [0.25, 0.3) is 0 Å². The van der Waals surface area contributed by atoms with E-state index in [1.165, 1.54) is 0 Å². The molecule has 0 saturated carbocycles. The van der Waals surface area contributed by atoms with Gasteiger partial charge in [-0.1, -0.05) is 0 Å². The van der Waals surface area contributed by atoms with E-state index in [0.29, 0.717) is 0 Å². The van der Waals surface area contributed by atoms with E-state index in [1.807, 2.05) is 0 Å². The van der Waals surface area contributed by atoms with Crippen molar-refractivity contribution < 1.29 is 53.4 Å². The SMILES string of the molecule is FC(F)=C1OC(F)(F)C(F)(C(F)(F)F)C(F)(F)O1. The zero-order chi connectivity index (χ0) is 14.6. The maximum atomic E-state index is 12.9. The summed E-state index contributed by atoms with van der Waals surface area (Å²) in [4.78, 5) is 0. The third-order valence-corrected chi connectivity index (χ3v) is 1.79. The van der Waals surface area contributed by atoms with E-state index in [9.17, 15) is 43.9 Å². The third-order valence-electron chi connectivity index (χ3n) is 1.79. The second-order valence-corrected chi connectivity index (χ2v) is 2.94. The Kier molecular flexibility index (Phi) is 2.92. The summed E-state index contributed by atoms with van der Waals surface area (Å²) >= 11 is 0. The molecule has 0 spiro atoms. The first-order valence-corrected chi connectivity index (χ1v) is 3.71. The minimum Gasteiger partial charge on any atom is -0.393 e. The van der Waals surface area contributed by atoms with E-state index in [4.69, 9.17) is 0 Å². The number of hydrogen-bond acceptors (Lipinski definition) is 2. The molecule has 1 aliphatic heterocycles. The minimum atomic E-state index is -6.84. The van der Waals surface area contributed by atoms with E-state index in [2.05, 4.69) is 9.47 Å². The van der Waals surface area contributed by atoms with Crippen LogP contribution in [0, 0.1) is 0 Å². The van der Waals surface area contributed by atoms with Crippen molar-refractivity contribution in [2.45, 2.75) is 24.1 Å². The molecule has 0 aromatic carbocycles. The first-order valence-electron chi connectivity index (χ1n) is 3.71. The van der Waals surface area contributed by atoms with E-state index in [0.717, 1.165) is 0 Å². The van der Waals surface area contributed by atoms with Crippen molar-refractivity contribution >= 4 is 0 Å². The number of ether oxygens (including phenoxy) is 2. The molecule has 0 radical (unpaired) electrons. The molecule has 0 aromatic heterocycles. The van der Waals surface area contributed by atoms with Crippen LogP contribution >= 0.6 is 0 Å². The summed E-state index contributed by atoms with van der Waals surface area (Å²) in [5.74, 6) is -2.89. The van der Waals surface area contributed by atoms with Gasteiger partial charge >= 0.3 is 36.1 Å². The second-order valence-electron chi connectivity index (χ2n) is 2.94. The van der Waals surface area contributed by atoms with E-state index in [-0.39, 0.29) is 0 Å². The molecule has 0 aromatic rings. The highest BCUT2D eigenvalue weighted by atomic mass is 19.4. The molecule has 106 valence electrons. The highest BCUT2D eigenvalue weighted by molar-refractivity contribution is 5.08. The monoisotopic (exact) mass is 294 g/mol. The van der Waals surface area contributed by atoms with Crippen LogP contribution in [0.5, 0.6) is 0 Å². The molecule has 0 atom stereocenters. The molecule has 1 heterocycles. The molecule has 1 saturated heterocycles. The summed E-state index contributed by atoms with van der Waals surface area (Å²) in [6, 6.07) is 0. The van der Waals surface area contributed by atoms with Crippen LogP contribution in [0.25, 0.3) is 0 Å². The van der Waals surface area contributed by atoms with Gasteiger partial charge in [0.1, 0.15) is 0 Å². The fourth-order valence-electron chi connectivity index (χ4n) is 0.971. The van der Waals surface area contributed by atoms with Crippen LogP contribution in [0.15, 0.2) is 12.0 Å². The number of alkyl halides is 8. The first kappa shape index (κ1) is 14.7. The highest BCUT2D eigenvalue weighted by Gasteiger charge is 2.89. The minimum absolute atomic E-state index is 2.51. The average molecular weight is 294 g/mol. The molecule has 2 nitrogen and oxygen atoms in total. The standard InChI is InChI=1S/C6F10O2/c7-1(8)2-17-5(13,14)3(9,4(10,11)12)6(15,16)18-2. The van der Waals surface area contributed by atoms with Gasteiger partial charge in [-0.2, -0.15) is 39.5 Å². The van der Waals surface area contributed by atoms with Crippen molar-refractivity contribution in [1.29, 1.82) is 0 Å². The highest BCUT2D eigenvalue weighted by Crippen LogP contribution is 2.58. The summed E-state index contributed by atoms with van der Waals surface area (Å²) in [6.45, 7) is 0. The van der Waals surface area contributed by atoms with Gasteiger partial charge in [0.15, 0.2) is 0 Å². The summed E-state index contributed by atoms with van der Waals surface area (Å²) in [7, 11) is 0. The molecule has 18 heavy (non-hydrogen) atoms. The van der Waals surface area contributed by atoms with Crippen LogP contribution in [0.4, 0.5) is 43.9 Å². The van der Waals surface area contributed by atoms with Crippen LogP contribution in [0.1, 0.15) is 0 Å². The lowest BCUT2D eigenvalue weighted by Crippen LogP contribution is -2.70. The Morgan fingerprint density at radius 3 is 1.39 bits per heavy atom. The summed E-state index contributed by atoms with van der Waals surface area (Å²) in [6.07, 6.45) is -22.8. The Bertz CT molecular complexity index is 358. The van der Waals surface area contributed by atoms with Crippen molar-refractivity contribution in [3.05, 3.63) is 12.0 Å². The fourth-order valence-corrected chi connectivity index (χ4v) is 0.971. The second kappa shape index (κ2) is 3.57. The first-order chi connectivity index (χ1) is 7.76. The molecule has 1 fully saturated rings. The molecule has 0 amide bonds. The van der Waals surface area contributed by atoms with Gasteiger partial charge < -0.3 is 9.47 Å². The number of hydrogen-bond donors (Lipinski definition) is 0. The predicted molar refractivity (Wildman–Crippen MR) is 31.2 cm³/mol. The summed E-state index contributed by atoms with van der Waals surface area (Å²) in [5, 5.41) is 0. The quantitative estimate of drug-likeness (QED) is 0.636. The molecular formula is C6F10O2. The van der Waals surface area contributed by atoms with E-state index in [1.54, 1.807) is 0 Å². The van der Waals surface area contributed by atoms with E-state index < -0.39 is 36.1 Å². The van der Waals surface area contributed by atoms with Crippen LogP contribution in [-0.4, -0.2) is 24.1 Å². The Morgan fingerprint density at radius 1 is 0.833 bits per heavy atom. The molecule has 0 aliphatic carbocycles. The van der Waals surface area contributed by atoms with Crippen molar-refractivity contribution in [2.24, 2.45) is 0 Å². The van der Waals surface area contributed by atoms with Crippen LogP contribution < -0.4 is 0 Å². The lowest BCUT2D eigenvalue weighted by Gasteiger charge is -2.41. The molecule has 12 heteroatoms. The average Bonchev–Trinajstić information content (AvgIpc) is 2.10. The molecular weight excluding hydrogens is 294 g/mol. The van der Waals surface area contributed by atoms with Crippen molar-refractivity contribution in [3.63, 3.8) is 0 Å². The third kappa shape index (κ3) is 1.73. The van der Waals surface area contributed by atoms with Crippen molar-refractivity contribution in [1.82, 2.24) is 0 Å². The van der Waals surface area contributed by atoms with Gasteiger partial charge in [-0.3, -0.25) is 0 Å². The molecule has 0 N–H and O–H groups in total. The molecule has 0 bridgehead atoms. The smallest absolute Gasteiger partial charge is 0.393 e. The Morgan fingerprint density at radius 2 is 1.17 bits per heavy atom. The van der Waals surface area contributed by atoms with Crippen molar-refractivity contribution in [2.75, 3.05) is 0 Å².